The summed E-state index contributed by atoms with van der Waals surface area (Å²) in [5.41, 5.74) is 2.38. The summed E-state index contributed by atoms with van der Waals surface area (Å²) in [6, 6.07) is 2.13. The molecule has 0 spiro atoms. The molecule has 102 valence electrons. The van der Waals surface area contributed by atoms with Crippen molar-refractivity contribution in [1.29, 1.82) is 0 Å². The molecule has 1 heterocycles. The van der Waals surface area contributed by atoms with E-state index in [1.807, 2.05) is 11.7 Å². The van der Waals surface area contributed by atoms with Gasteiger partial charge in [-0.2, -0.15) is 5.10 Å². The summed E-state index contributed by atoms with van der Waals surface area (Å²) in [4.78, 5) is 0. The smallest absolute Gasteiger partial charge is 0.0649 e. The Kier molecular flexibility index (Phi) is 4.10. The van der Waals surface area contributed by atoms with Crippen molar-refractivity contribution in [3.63, 3.8) is 0 Å². The van der Waals surface area contributed by atoms with Gasteiger partial charge in [-0.15, -0.1) is 0 Å². The van der Waals surface area contributed by atoms with Gasteiger partial charge in [0.25, 0.3) is 0 Å². The second-order valence-corrected chi connectivity index (χ2v) is 6.04. The number of aliphatic hydroxyl groups excluding tert-OH is 1. The molecule has 1 atom stereocenters. The Bertz CT molecular complexity index is 391. The van der Waals surface area contributed by atoms with E-state index in [1.54, 1.807) is 0 Å². The first-order chi connectivity index (χ1) is 8.55. The Hall–Kier alpha value is -0.830. The van der Waals surface area contributed by atoms with E-state index >= 15 is 0 Å². The molecule has 0 radical (unpaired) electrons. The van der Waals surface area contributed by atoms with E-state index in [-0.39, 0.29) is 11.5 Å². The zero-order chi connectivity index (χ0) is 13.2. The molecule has 1 aliphatic rings. The van der Waals surface area contributed by atoms with Gasteiger partial charge in [0, 0.05) is 19.2 Å². The predicted molar refractivity (Wildman–Crippen MR) is 73.5 cm³/mol. The molecule has 1 N–H and O–H groups in total. The van der Waals surface area contributed by atoms with Crippen molar-refractivity contribution in [3.05, 3.63) is 17.5 Å². The average molecular weight is 250 g/mol. The van der Waals surface area contributed by atoms with Crippen LogP contribution in [0.1, 0.15) is 57.3 Å². The number of hydrogen-bond donors (Lipinski definition) is 1. The summed E-state index contributed by atoms with van der Waals surface area (Å²) in [6.07, 6.45) is 7.63. The first-order valence-corrected chi connectivity index (χ1v) is 7.25. The third-order valence-corrected chi connectivity index (χ3v) is 4.59. The highest BCUT2D eigenvalue weighted by Crippen LogP contribution is 2.39. The largest absolute Gasteiger partial charge is 0.392 e. The fraction of sp³-hybridized carbons (Fsp3) is 0.800. The molecule has 2 rings (SSSR count). The molecular weight excluding hydrogens is 224 g/mol. The predicted octanol–water partition coefficient (Wildman–Crippen LogP) is 2.86. The molecule has 1 saturated carbocycles. The van der Waals surface area contributed by atoms with Crippen LogP contribution in [0.15, 0.2) is 6.07 Å². The Morgan fingerprint density at radius 1 is 1.39 bits per heavy atom. The zero-order valence-corrected chi connectivity index (χ0v) is 11.9. The van der Waals surface area contributed by atoms with Crippen molar-refractivity contribution >= 4 is 0 Å². The topological polar surface area (TPSA) is 38.0 Å². The van der Waals surface area contributed by atoms with E-state index in [2.05, 4.69) is 25.0 Å². The van der Waals surface area contributed by atoms with Crippen LogP contribution in [0.5, 0.6) is 0 Å². The molecule has 0 bridgehead atoms. The van der Waals surface area contributed by atoms with Gasteiger partial charge in [0.1, 0.15) is 0 Å². The number of aryl methyl sites for hydroxylation is 2. The third-order valence-electron chi connectivity index (χ3n) is 4.59. The van der Waals surface area contributed by atoms with Crippen LogP contribution < -0.4 is 0 Å². The van der Waals surface area contributed by atoms with Crippen molar-refractivity contribution < 1.29 is 5.11 Å². The van der Waals surface area contributed by atoms with Crippen LogP contribution in [0, 0.1) is 5.41 Å². The summed E-state index contributed by atoms with van der Waals surface area (Å²) in [7, 11) is 1.98. The molecule has 1 fully saturated rings. The van der Waals surface area contributed by atoms with Crippen LogP contribution in [-0.4, -0.2) is 21.0 Å². The van der Waals surface area contributed by atoms with Gasteiger partial charge in [0.05, 0.1) is 11.8 Å². The highest BCUT2D eigenvalue weighted by molar-refractivity contribution is 5.12. The van der Waals surface area contributed by atoms with Gasteiger partial charge in [0.15, 0.2) is 0 Å². The SMILES string of the molecule is CCc1cc(CC(O)C2(C)CCCCC2)n(C)n1. The molecule has 0 aliphatic heterocycles. The average Bonchev–Trinajstić information content (AvgIpc) is 2.71. The molecule has 18 heavy (non-hydrogen) atoms. The number of aromatic nitrogens is 2. The summed E-state index contributed by atoms with van der Waals surface area (Å²) in [5, 5.41) is 15.0. The van der Waals surface area contributed by atoms with Gasteiger partial charge in [0.2, 0.25) is 0 Å². The van der Waals surface area contributed by atoms with Crippen molar-refractivity contribution in [2.45, 2.75) is 64.9 Å². The molecule has 3 nitrogen and oxygen atoms in total. The van der Waals surface area contributed by atoms with E-state index in [9.17, 15) is 5.11 Å². The van der Waals surface area contributed by atoms with Crippen LogP contribution in [-0.2, 0) is 19.9 Å². The summed E-state index contributed by atoms with van der Waals surface area (Å²) in [6.45, 7) is 4.36. The molecule has 3 heteroatoms. The van der Waals surface area contributed by atoms with Crippen LogP contribution in [0.4, 0.5) is 0 Å². The van der Waals surface area contributed by atoms with E-state index in [1.165, 1.54) is 19.3 Å². The van der Waals surface area contributed by atoms with E-state index in [0.29, 0.717) is 0 Å². The van der Waals surface area contributed by atoms with E-state index in [4.69, 9.17) is 0 Å². The highest BCUT2D eigenvalue weighted by Gasteiger charge is 2.34. The minimum atomic E-state index is -0.238. The Morgan fingerprint density at radius 2 is 2.06 bits per heavy atom. The van der Waals surface area contributed by atoms with E-state index < -0.39 is 0 Å². The van der Waals surface area contributed by atoms with Gasteiger partial charge in [-0.3, -0.25) is 4.68 Å². The number of rotatable bonds is 4. The molecule has 0 aromatic carbocycles. The molecular formula is C15H26N2O. The summed E-state index contributed by atoms with van der Waals surface area (Å²) < 4.78 is 1.92. The molecule has 1 aromatic rings. The van der Waals surface area contributed by atoms with Crippen molar-refractivity contribution in [3.8, 4) is 0 Å². The van der Waals surface area contributed by atoms with Crippen LogP contribution in [0.25, 0.3) is 0 Å². The highest BCUT2D eigenvalue weighted by atomic mass is 16.3. The minimum absolute atomic E-state index is 0.106. The lowest BCUT2D eigenvalue weighted by molar-refractivity contribution is 0.00924. The maximum absolute atomic E-state index is 10.6. The second kappa shape index (κ2) is 5.43. The molecule has 0 amide bonds. The normalized spacial score (nSPS) is 20.9. The first-order valence-electron chi connectivity index (χ1n) is 7.25. The van der Waals surface area contributed by atoms with Gasteiger partial charge < -0.3 is 5.11 Å². The van der Waals surface area contributed by atoms with Crippen molar-refractivity contribution in [2.75, 3.05) is 0 Å². The molecule has 1 aliphatic carbocycles. The van der Waals surface area contributed by atoms with Crippen LogP contribution in [0.2, 0.25) is 0 Å². The second-order valence-electron chi connectivity index (χ2n) is 6.04. The lowest BCUT2D eigenvalue weighted by Gasteiger charge is -2.38. The third kappa shape index (κ3) is 2.77. The fourth-order valence-electron chi connectivity index (χ4n) is 3.07. The maximum atomic E-state index is 10.6. The minimum Gasteiger partial charge on any atom is -0.392 e. The molecule has 1 unspecified atom stereocenters. The quantitative estimate of drug-likeness (QED) is 0.892. The summed E-state index contributed by atoms with van der Waals surface area (Å²) >= 11 is 0. The Balaban J connectivity index is 2.05. The lowest BCUT2D eigenvalue weighted by Crippen LogP contribution is -2.36. The van der Waals surface area contributed by atoms with Gasteiger partial charge in [-0.1, -0.05) is 33.1 Å². The Morgan fingerprint density at radius 3 is 2.61 bits per heavy atom. The number of nitrogens with zero attached hydrogens (tertiary/aromatic N) is 2. The zero-order valence-electron chi connectivity index (χ0n) is 11.9. The van der Waals surface area contributed by atoms with Crippen molar-refractivity contribution in [1.82, 2.24) is 9.78 Å². The fourth-order valence-corrected chi connectivity index (χ4v) is 3.07. The van der Waals surface area contributed by atoms with E-state index in [0.717, 1.165) is 37.1 Å². The van der Waals surface area contributed by atoms with Gasteiger partial charge in [-0.25, -0.2) is 0 Å². The molecule has 1 aromatic heterocycles. The van der Waals surface area contributed by atoms with Gasteiger partial charge >= 0.3 is 0 Å². The lowest BCUT2D eigenvalue weighted by atomic mass is 9.71. The molecule has 0 saturated heterocycles. The van der Waals surface area contributed by atoms with Crippen molar-refractivity contribution in [2.24, 2.45) is 12.5 Å². The number of hydrogen-bond acceptors (Lipinski definition) is 2. The monoisotopic (exact) mass is 250 g/mol. The standard InChI is InChI=1S/C15H26N2O/c1-4-12-10-13(17(3)16-12)11-14(18)15(2)8-6-5-7-9-15/h10,14,18H,4-9,11H2,1-3H3. The number of aliphatic hydroxyl groups is 1. The summed E-state index contributed by atoms with van der Waals surface area (Å²) in [5.74, 6) is 0. The van der Waals surface area contributed by atoms with Crippen LogP contribution >= 0.6 is 0 Å². The Labute approximate surface area is 110 Å². The van der Waals surface area contributed by atoms with Crippen LogP contribution in [0.3, 0.4) is 0 Å². The van der Waals surface area contributed by atoms with Gasteiger partial charge in [-0.05, 0) is 30.7 Å². The first kappa shape index (κ1) is 13.6. The maximum Gasteiger partial charge on any atom is 0.0649 e.